The van der Waals surface area contributed by atoms with E-state index in [4.69, 9.17) is 23.2 Å². The molecule has 0 heterocycles. The molecule has 1 nitrogen and oxygen atoms in total. The molecule has 0 atom stereocenters. The van der Waals surface area contributed by atoms with Crippen molar-refractivity contribution in [3.05, 3.63) is 42.5 Å². The van der Waals surface area contributed by atoms with Gasteiger partial charge >= 0.3 is 0 Å². The van der Waals surface area contributed by atoms with Gasteiger partial charge in [0.15, 0.2) is 4.63 Å². The third kappa shape index (κ3) is 3.62. The number of halogens is 2. The quantitative estimate of drug-likeness (QED) is 0.682. The minimum Gasteiger partial charge on any atom is -0.258 e. The molecule has 0 aliphatic carbocycles. The van der Waals surface area contributed by atoms with Crippen LogP contribution in [-0.2, 0) is 0 Å². The first-order valence-electron chi connectivity index (χ1n) is 3.79. The van der Waals surface area contributed by atoms with Crippen molar-refractivity contribution in [1.29, 1.82) is 0 Å². The van der Waals surface area contributed by atoms with Crippen LogP contribution in [0.25, 0.3) is 5.57 Å². The Balaban J connectivity index is 2.65. The molecule has 0 aromatic heterocycles. The molecule has 3 heteroatoms. The van der Waals surface area contributed by atoms with Crippen molar-refractivity contribution in [3.63, 3.8) is 0 Å². The molecule has 0 unspecified atom stereocenters. The zero-order chi connectivity index (χ0) is 9.68. The number of hydrogen-bond acceptors (Lipinski definition) is 1. The summed E-state index contributed by atoms with van der Waals surface area (Å²) in [7, 11) is 0. The molecule has 1 aromatic carbocycles. The van der Waals surface area contributed by atoms with Crippen LogP contribution in [0.5, 0.6) is 0 Å². The molecule has 0 spiro atoms. The lowest BCUT2D eigenvalue weighted by Crippen LogP contribution is -1.87. The van der Waals surface area contributed by atoms with Gasteiger partial charge in [0.2, 0.25) is 0 Å². The van der Waals surface area contributed by atoms with E-state index in [1.54, 1.807) is 0 Å². The maximum Gasteiger partial charge on any atom is 0.192 e. The van der Waals surface area contributed by atoms with Gasteiger partial charge in [-0.25, -0.2) is 0 Å². The first-order chi connectivity index (χ1) is 6.20. The maximum absolute atomic E-state index is 5.38. The zero-order valence-corrected chi connectivity index (χ0v) is 8.52. The summed E-state index contributed by atoms with van der Waals surface area (Å²) in [4.78, 5) is 3.85. The van der Waals surface area contributed by atoms with Gasteiger partial charge in [0, 0.05) is 0 Å². The van der Waals surface area contributed by atoms with E-state index in [1.165, 1.54) is 0 Å². The fourth-order valence-corrected chi connectivity index (χ4v) is 1.04. The van der Waals surface area contributed by atoms with Crippen LogP contribution in [0.3, 0.4) is 0 Å². The predicted molar refractivity (Wildman–Crippen MR) is 59.5 cm³/mol. The topological polar surface area (TPSA) is 12.4 Å². The highest BCUT2D eigenvalue weighted by molar-refractivity contribution is 6.95. The second-order valence-electron chi connectivity index (χ2n) is 2.53. The van der Waals surface area contributed by atoms with E-state index in [0.717, 1.165) is 11.1 Å². The van der Waals surface area contributed by atoms with Crippen LogP contribution in [0.1, 0.15) is 5.56 Å². The monoisotopic (exact) mass is 213 g/mol. The molecular weight excluding hydrogens is 205 g/mol. The minimum absolute atomic E-state index is 0.0390. The summed E-state index contributed by atoms with van der Waals surface area (Å²) in [6.45, 7) is 4.31. The SMILES string of the molecule is C=C(CN=C(Cl)Cl)c1ccccc1. The normalized spacial score (nSPS) is 9.38. The van der Waals surface area contributed by atoms with Gasteiger partial charge in [-0.15, -0.1) is 0 Å². The van der Waals surface area contributed by atoms with Gasteiger partial charge in [-0.3, -0.25) is 4.99 Å². The van der Waals surface area contributed by atoms with E-state index < -0.39 is 0 Å². The summed E-state index contributed by atoms with van der Waals surface area (Å²) in [6.07, 6.45) is 0. The highest BCUT2D eigenvalue weighted by Gasteiger charge is 1.96. The van der Waals surface area contributed by atoms with Crippen molar-refractivity contribution in [3.8, 4) is 0 Å². The summed E-state index contributed by atoms with van der Waals surface area (Å²) in [5.41, 5.74) is 1.96. The van der Waals surface area contributed by atoms with Gasteiger partial charge < -0.3 is 0 Å². The Hall–Kier alpha value is -0.790. The molecule has 0 N–H and O–H groups in total. The third-order valence-electron chi connectivity index (χ3n) is 1.57. The molecule has 0 aliphatic heterocycles. The van der Waals surface area contributed by atoms with Crippen LogP contribution >= 0.6 is 23.2 Å². The Morgan fingerprint density at radius 3 is 2.38 bits per heavy atom. The van der Waals surface area contributed by atoms with Crippen LogP contribution < -0.4 is 0 Å². The van der Waals surface area contributed by atoms with E-state index >= 15 is 0 Å². The number of benzene rings is 1. The lowest BCUT2D eigenvalue weighted by Gasteiger charge is -2.00. The first kappa shape index (κ1) is 10.3. The van der Waals surface area contributed by atoms with Crippen LogP contribution in [0, 0.1) is 0 Å². The molecule has 1 aromatic rings. The first-order valence-corrected chi connectivity index (χ1v) is 4.54. The standard InChI is InChI=1S/C10H9Cl2N/c1-8(7-13-10(11)12)9-5-3-2-4-6-9/h2-6H,1,7H2. The summed E-state index contributed by atoms with van der Waals surface area (Å²) >= 11 is 10.8. The second kappa shape index (κ2) is 5.05. The second-order valence-corrected chi connectivity index (χ2v) is 3.44. The van der Waals surface area contributed by atoms with Gasteiger partial charge in [0.25, 0.3) is 0 Å². The highest BCUT2D eigenvalue weighted by Crippen LogP contribution is 2.12. The lowest BCUT2D eigenvalue weighted by molar-refractivity contribution is 1.28. The van der Waals surface area contributed by atoms with Crippen molar-refractivity contribution in [2.45, 2.75) is 0 Å². The van der Waals surface area contributed by atoms with Crippen LogP contribution in [0.4, 0.5) is 0 Å². The molecule has 0 saturated heterocycles. The molecule has 0 saturated carbocycles. The average molecular weight is 214 g/mol. The Bertz CT molecular complexity index is 313. The highest BCUT2D eigenvalue weighted by atomic mass is 35.5. The predicted octanol–water partition coefficient (Wildman–Crippen LogP) is 3.53. The van der Waals surface area contributed by atoms with Crippen molar-refractivity contribution in [1.82, 2.24) is 0 Å². The Labute approximate surface area is 87.7 Å². The largest absolute Gasteiger partial charge is 0.258 e. The Morgan fingerprint density at radius 2 is 1.85 bits per heavy atom. The molecular formula is C10H9Cl2N. The molecule has 0 radical (unpaired) electrons. The molecule has 68 valence electrons. The molecule has 13 heavy (non-hydrogen) atoms. The zero-order valence-electron chi connectivity index (χ0n) is 7.00. The molecule has 0 aliphatic rings. The molecule has 1 rings (SSSR count). The molecule has 0 amide bonds. The van der Waals surface area contributed by atoms with E-state index in [9.17, 15) is 0 Å². The van der Waals surface area contributed by atoms with Crippen LogP contribution in [0.2, 0.25) is 0 Å². The number of aliphatic imine (C=N–C) groups is 1. The summed E-state index contributed by atoms with van der Waals surface area (Å²) < 4.78 is 0.0390. The van der Waals surface area contributed by atoms with E-state index in [1.807, 2.05) is 30.3 Å². The smallest absolute Gasteiger partial charge is 0.192 e. The van der Waals surface area contributed by atoms with E-state index in [-0.39, 0.29) is 4.63 Å². The van der Waals surface area contributed by atoms with Crippen molar-refractivity contribution < 1.29 is 0 Å². The number of hydrogen-bond donors (Lipinski definition) is 0. The average Bonchev–Trinajstić information content (AvgIpc) is 2.15. The van der Waals surface area contributed by atoms with Gasteiger partial charge in [-0.05, 0) is 34.3 Å². The van der Waals surface area contributed by atoms with Gasteiger partial charge in [-0.2, -0.15) is 0 Å². The van der Waals surface area contributed by atoms with Gasteiger partial charge in [0.1, 0.15) is 0 Å². The van der Waals surface area contributed by atoms with Crippen molar-refractivity contribution in [2.75, 3.05) is 6.54 Å². The summed E-state index contributed by atoms with van der Waals surface area (Å²) in [5, 5.41) is 0. The van der Waals surface area contributed by atoms with E-state index in [2.05, 4.69) is 11.6 Å². The van der Waals surface area contributed by atoms with E-state index in [0.29, 0.717) is 6.54 Å². The van der Waals surface area contributed by atoms with Crippen molar-refractivity contribution >= 4 is 33.4 Å². The van der Waals surface area contributed by atoms with Crippen LogP contribution in [-0.4, -0.2) is 11.2 Å². The van der Waals surface area contributed by atoms with Crippen LogP contribution in [0.15, 0.2) is 41.9 Å². The van der Waals surface area contributed by atoms with Crippen molar-refractivity contribution in [2.24, 2.45) is 4.99 Å². The van der Waals surface area contributed by atoms with Gasteiger partial charge in [-0.1, -0.05) is 36.9 Å². The number of nitrogens with zero attached hydrogens (tertiary/aromatic N) is 1. The fourth-order valence-electron chi connectivity index (χ4n) is 0.920. The van der Waals surface area contributed by atoms with Gasteiger partial charge in [0.05, 0.1) is 6.54 Å². The maximum atomic E-state index is 5.38. The lowest BCUT2D eigenvalue weighted by atomic mass is 10.1. The third-order valence-corrected chi connectivity index (χ3v) is 1.81. The number of rotatable bonds is 3. The Kier molecular flexibility index (Phi) is 4.00. The summed E-state index contributed by atoms with van der Waals surface area (Å²) in [5.74, 6) is 0. The summed E-state index contributed by atoms with van der Waals surface area (Å²) in [6, 6.07) is 9.80. The molecule has 0 bridgehead atoms. The Morgan fingerprint density at radius 1 is 1.23 bits per heavy atom. The minimum atomic E-state index is 0.0390. The fraction of sp³-hybridized carbons (Fsp3) is 0.100. The molecule has 0 fully saturated rings.